The van der Waals surface area contributed by atoms with Crippen LogP contribution in [-0.4, -0.2) is 67.7 Å². The molecule has 0 spiro atoms. The van der Waals surface area contributed by atoms with Crippen molar-refractivity contribution in [3.8, 4) is 0 Å². The van der Waals surface area contributed by atoms with E-state index in [1.807, 2.05) is 0 Å². The van der Waals surface area contributed by atoms with Crippen LogP contribution in [0.15, 0.2) is 0 Å². The van der Waals surface area contributed by atoms with Crippen LogP contribution in [0.2, 0.25) is 0 Å². The highest BCUT2D eigenvalue weighted by atomic mass is 15.5. The third-order valence-corrected chi connectivity index (χ3v) is 3.85. The summed E-state index contributed by atoms with van der Waals surface area (Å²) < 4.78 is 2.33. The van der Waals surface area contributed by atoms with Crippen LogP contribution in [0, 0.1) is 5.41 Å². The van der Waals surface area contributed by atoms with Crippen LogP contribution in [-0.2, 0) is 0 Å². The molecule has 74 valence electrons. The van der Waals surface area contributed by atoms with Crippen molar-refractivity contribution >= 4 is 5.84 Å². The van der Waals surface area contributed by atoms with Crippen molar-refractivity contribution in [3.05, 3.63) is 0 Å². The molecule has 0 aromatic rings. The lowest BCUT2D eigenvalue weighted by molar-refractivity contribution is -1.07. The lowest BCUT2D eigenvalue weighted by Gasteiger charge is -2.53. The smallest absolute Gasteiger partial charge is 0.147 e. The molecule has 0 unspecified atom stereocenters. The van der Waals surface area contributed by atoms with E-state index in [1.54, 1.807) is 0 Å². The number of piperazine rings is 3. The van der Waals surface area contributed by atoms with E-state index in [1.165, 1.54) is 43.8 Å². The summed E-state index contributed by atoms with van der Waals surface area (Å²) >= 11 is 0. The molecule has 0 saturated carbocycles. The number of amidine groups is 1. The van der Waals surface area contributed by atoms with E-state index < -0.39 is 0 Å². The molecule has 0 aromatic heterocycles. The molecule has 0 atom stereocenters. The van der Waals surface area contributed by atoms with Gasteiger partial charge in [0.15, 0.2) is 0 Å². The van der Waals surface area contributed by atoms with Gasteiger partial charge < -0.3 is 14.7 Å². The molecule has 3 heterocycles. The molecule has 4 heteroatoms. The summed E-state index contributed by atoms with van der Waals surface area (Å²) in [5.74, 6) is 0.359. The second-order valence-corrected chi connectivity index (χ2v) is 4.99. The third kappa shape index (κ3) is 1.56. The van der Waals surface area contributed by atoms with Gasteiger partial charge >= 0.3 is 0 Å². The van der Waals surface area contributed by atoms with Gasteiger partial charge in [-0.05, 0) is 0 Å². The zero-order valence-electron chi connectivity index (χ0n) is 8.42. The molecule has 3 N–H and O–H groups in total. The molecule has 3 fully saturated rings. The zero-order chi connectivity index (χ0) is 9.53. The number of rotatable bonds is 2. The average Bonchev–Trinajstić information content (AvgIpc) is 2.07. The van der Waals surface area contributed by atoms with Gasteiger partial charge in [-0.25, -0.2) is 0 Å². The van der Waals surface area contributed by atoms with Crippen molar-refractivity contribution < 1.29 is 8.97 Å². The molecule has 2 bridgehead atoms. The molecule has 4 nitrogen and oxygen atoms in total. The number of nitrogens with zero attached hydrogens (tertiary/aromatic N) is 2. The molecule has 0 aliphatic carbocycles. The van der Waals surface area contributed by atoms with Gasteiger partial charge in [-0.2, -0.15) is 0 Å². The van der Waals surface area contributed by atoms with Gasteiger partial charge in [-0.1, -0.05) is 0 Å². The summed E-state index contributed by atoms with van der Waals surface area (Å²) in [5, 5.41) is 7.38. The third-order valence-electron chi connectivity index (χ3n) is 3.85. The van der Waals surface area contributed by atoms with E-state index >= 15 is 0 Å². The Labute approximate surface area is 79.6 Å². The molecule has 3 rings (SSSR count). The van der Waals surface area contributed by atoms with Crippen molar-refractivity contribution in [2.45, 2.75) is 0 Å². The minimum atomic E-state index is 0.359. The summed E-state index contributed by atoms with van der Waals surface area (Å²) in [6, 6.07) is 0. The predicted molar refractivity (Wildman–Crippen MR) is 52.4 cm³/mol. The molecule has 0 amide bonds. The first-order chi connectivity index (χ1) is 6.04. The number of quaternary nitrogens is 2. The minimum absolute atomic E-state index is 0.359. The normalized spacial score (nSPS) is 43.5. The number of nitrogens with two attached hydrogens (primary N) is 1. The highest BCUT2D eigenvalue weighted by molar-refractivity contribution is 5.78. The molecule has 0 radical (unpaired) electrons. The summed E-state index contributed by atoms with van der Waals surface area (Å²) in [5.41, 5.74) is 5.50. The minimum Gasteiger partial charge on any atom is -0.383 e. The molecular weight excluding hydrogens is 164 g/mol. The van der Waals surface area contributed by atoms with Crippen LogP contribution in [0.3, 0.4) is 0 Å². The SMILES string of the molecule is C[N+]12CC[N+](CC(=N)N)(CC1)CC2. The van der Waals surface area contributed by atoms with Crippen LogP contribution in [0.25, 0.3) is 0 Å². The molecule has 3 aliphatic rings. The Morgan fingerprint density at radius 1 is 1.15 bits per heavy atom. The molecule has 3 aliphatic heterocycles. The molecule has 13 heavy (non-hydrogen) atoms. The average molecular weight is 184 g/mol. The van der Waals surface area contributed by atoms with E-state index in [0.29, 0.717) is 5.84 Å². The number of hydrogen-bond acceptors (Lipinski definition) is 1. The van der Waals surface area contributed by atoms with Gasteiger partial charge in [0.1, 0.15) is 51.6 Å². The second-order valence-electron chi connectivity index (χ2n) is 4.99. The monoisotopic (exact) mass is 184 g/mol. The van der Waals surface area contributed by atoms with E-state index in [0.717, 1.165) is 11.0 Å². The van der Waals surface area contributed by atoms with Crippen molar-refractivity contribution in [2.24, 2.45) is 5.73 Å². The molecule has 3 saturated heterocycles. The first kappa shape index (κ1) is 8.97. The van der Waals surface area contributed by atoms with Crippen LogP contribution in [0.5, 0.6) is 0 Å². The number of likely N-dealkylation sites (N-methyl/N-ethyl adjacent to an activating group) is 1. The Balaban J connectivity index is 2.07. The first-order valence-corrected chi connectivity index (χ1v) is 5.05. The predicted octanol–water partition coefficient (Wildman–Crippen LogP) is -0.787. The van der Waals surface area contributed by atoms with Gasteiger partial charge in [-0.3, -0.25) is 5.41 Å². The standard InChI is InChI=1S/C9H20N4/c1-12-2-5-13(6-3-12,7-4-12)8-9(10)11/h2-8H2,1H3,(H3,10,11)/q+2. The van der Waals surface area contributed by atoms with Crippen LogP contribution in [0.4, 0.5) is 0 Å². The maximum absolute atomic E-state index is 7.38. The van der Waals surface area contributed by atoms with E-state index in [4.69, 9.17) is 11.1 Å². The van der Waals surface area contributed by atoms with Gasteiger partial charge in [0.25, 0.3) is 0 Å². The topological polar surface area (TPSA) is 49.9 Å². The van der Waals surface area contributed by atoms with Crippen LogP contribution < -0.4 is 5.73 Å². The summed E-state index contributed by atoms with van der Waals surface area (Å²) in [4.78, 5) is 0. The van der Waals surface area contributed by atoms with Gasteiger partial charge in [0.05, 0.1) is 7.05 Å². The largest absolute Gasteiger partial charge is 0.383 e. The van der Waals surface area contributed by atoms with Gasteiger partial charge in [0, 0.05) is 0 Å². The molecular formula is C9H20N4+2. The highest BCUT2D eigenvalue weighted by Gasteiger charge is 2.46. The lowest BCUT2D eigenvalue weighted by atomic mass is 10.1. The van der Waals surface area contributed by atoms with Crippen molar-refractivity contribution in [1.29, 1.82) is 5.41 Å². The quantitative estimate of drug-likeness (QED) is 0.330. The fourth-order valence-corrected chi connectivity index (χ4v) is 2.63. The van der Waals surface area contributed by atoms with Gasteiger partial charge in [-0.15, -0.1) is 0 Å². The number of fused-ring (bicyclic) bond motifs is 3. The van der Waals surface area contributed by atoms with Crippen molar-refractivity contribution in [1.82, 2.24) is 0 Å². The summed E-state index contributed by atoms with van der Waals surface area (Å²) in [7, 11) is 2.35. The Bertz CT molecular complexity index is 211. The van der Waals surface area contributed by atoms with Crippen molar-refractivity contribution in [2.75, 3.05) is 52.9 Å². The number of hydrogen-bond donors (Lipinski definition) is 2. The van der Waals surface area contributed by atoms with Crippen LogP contribution >= 0.6 is 0 Å². The zero-order valence-corrected chi connectivity index (χ0v) is 8.42. The van der Waals surface area contributed by atoms with Crippen LogP contribution in [0.1, 0.15) is 0 Å². The Morgan fingerprint density at radius 3 is 2.00 bits per heavy atom. The summed E-state index contributed by atoms with van der Waals surface area (Å²) in [6.07, 6.45) is 0. The van der Waals surface area contributed by atoms with Crippen molar-refractivity contribution in [3.63, 3.8) is 0 Å². The first-order valence-electron chi connectivity index (χ1n) is 5.05. The van der Waals surface area contributed by atoms with Gasteiger partial charge in [0.2, 0.25) is 0 Å². The maximum Gasteiger partial charge on any atom is 0.147 e. The Hall–Kier alpha value is -0.610. The fourth-order valence-electron chi connectivity index (χ4n) is 2.63. The fraction of sp³-hybridized carbons (Fsp3) is 0.889. The maximum atomic E-state index is 7.38. The number of nitrogens with one attached hydrogen (secondary N) is 1. The highest BCUT2D eigenvalue weighted by Crippen LogP contribution is 2.23. The summed E-state index contributed by atoms with van der Waals surface area (Å²) in [6.45, 7) is 8.25. The Kier molecular flexibility index (Phi) is 1.85. The van der Waals surface area contributed by atoms with E-state index in [9.17, 15) is 0 Å². The lowest BCUT2D eigenvalue weighted by Crippen LogP contribution is -2.74. The molecule has 0 aromatic carbocycles. The Morgan fingerprint density at radius 2 is 1.62 bits per heavy atom. The van der Waals surface area contributed by atoms with E-state index in [-0.39, 0.29) is 0 Å². The second kappa shape index (κ2) is 2.69. The van der Waals surface area contributed by atoms with E-state index in [2.05, 4.69) is 7.05 Å².